The van der Waals surface area contributed by atoms with Gasteiger partial charge in [-0.1, -0.05) is 23.4 Å². The highest BCUT2D eigenvalue weighted by molar-refractivity contribution is 14.1. The van der Waals surface area contributed by atoms with Crippen molar-refractivity contribution in [2.45, 2.75) is 12.5 Å². The summed E-state index contributed by atoms with van der Waals surface area (Å²) in [4.78, 5) is 4.62. The molecule has 1 atom stereocenters. The van der Waals surface area contributed by atoms with Crippen molar-refractivity contribution in [3.63, 3.8) is 0 Å². The number of hydrogen-bond donors (Lipinski definition) is 1. The number of methoxy groups -OCH3 is 1. The van der Waals surface area contributed by atoms with E-state index in [0.717, 1.165) is 38.2 Å². The molecule has 0 amide bonds. The number of halogens is 2. The predicted molar refractivity (Wildman–Crippen MR) is 88.0 cm³/mol. The van der Waals surface area contributed by atoms with Crippen molar-refractivity contribution in [3.05, 3.63) is 26.8 Å². The SMILES string of the molecule is COCCC1CSC(Nc2cc(I)ccc2Cl)=N1. The maximum atomic E-state index is 6.14. The van der Waals surface area contributed by atoms with Gasteiger partial charge in [0.05, 0.1) is 16.8 Å². The van der Waals surface area contributed by atoms with Gasteiger partial charge in [0, 0.05) is 23.0 Å². The van der Waals surface area contributed by atoms with E-state index in [2.05, 4.69) is 32.9 Å². The summed E-state index contributed by atoms with van der Waals surface area (Å²) in [5.74, 6) is 1.01. The Bertz CT molecular complexity index is 456. The van der Waals surface area contributed by atoms with Gasteiger partial charge >= 0.3 is 0 Å². The molecule has 1 N–H and O–H groups in total. The van der Waals surface area contributed by atoms with Crippen LogP contribution < -0.4 is 5.32 Å². The van der Waals surface area contributed by atoms with Gasteiger partial charge in [0.1, 0.15) is 0 Å². The van der Waals surface area contributed by atoms with E-state index < -0.39 is 0 Å². The molecule has 0 spiro atoms. The molecular formula is C12H14ClIN2OS. The summed E-state index contributed by atoms with van der Waals surface area (Å²) in [5, 5.41) is 4.96. The Balaban J connectivity index is 1.99. The highest BCUT2D eigenvalue weighted by Crippen LogP contribution is 2.27. The summed E-state index contributed by atoms with van der Waals surface area (Å²) in [5.41, 5.74) is 0.919. The van der Waals surface area contributed by atoms with Gasteiger partial charge in [-0.05, 0) is 47.2 Å². The Morgan fingerprint density at radius 3 is 3.22 bits per heavy atom. The van der Waals surface area contributed by atoms with E-state index in [9.17, 15) is 0 Å². The highest BCUT2D eigenvalue weighted by Gasteiger charge is 2.18. The fourth-order valence-electron chi connectivity index (χ4n) is 1.59. The molecule has 1 aliphatic heterocycles. The topological polar surface area (TPSA) is 33.6 Å². The Morgan fingerprint density at radius 2 is 2.44 bits per heavy atom. The molecule has 0 aromatic heterocycles. The van der Waals surface area contributed by atoms with Crippen molar-refractivity contribution in [1.29, 1.82) is 0 Å². The van der Waals surface area contributed by atoms with Crippen LogP contribution >= 0.6 is 46.0 Å². The van der Waals surface area contributed by atoms with Crippen molar-refractivity contribution in [3.8, 4) is 0 Å². The molecule has 0 bridgehead atoms. The average Bonchev–Trinajstić information content (AvgIpc) is 2.79. The number of hydrogen-bond acceptors (Lipinski definition) is 4. The number of nitrogens with zero attached hydrogens (tertiary/aromatic N) is 1. The maximum absolute atomic E-state index is 6.14. The fourth-order valence-corrected chi connectivity index (χ4v) is 3.25. The summed E-state index contributed by atoms with van der Waals surface area (Å²) in [7, 11) is 1.72. The monoisotopic (exact) mass is 396 g/mol. The first kappa shape index (κ1) is 14.4. The van der Waals surface area contributed by atoms with E-state index in [4.69, 9.17) is 16.3 Å². The molecule has 1 aromatic carbocycles. The molecule has 0 radical (unpaired) electrons. The molecule has 2 rings (SSSR count). The summed E-state index contributed by atoms with van der Waals surface area (Å²) in [6.07, 6.45) is 0.967. The van der Waals surface area contributed by atoms with Gasteiger partial charge in [0.15, 0.2) is 5.17 Å². The predicted octanol–water partition coefficient (Wildman–Crippen LogP) is 3.86. The molecule has 0 saturated heterocycles. The third-order valence-electron chi connectivity index (χ3n) is 2.54. The van der Waals surface area contributed by atoms with Gasteiger partial charge in [-0.25, -0.2) is 0 Å². The van der Waals surface area contributed by atoms with E-state index in [-0.39, 0.29) is 0 Å². The molecule has 98 valence electrons. The number of ether oxygens (including phenoxy) is 1. The van der Waals surface area contributed by atoms with Gasteiger partial charge in [-0.3, -0.25) is 4.99 Å². The average molecular weight is 397 g/mol. The zero-order valence-corrected chi connectivity index (χ0v) is 13.7. The minimum Gasteiger partial charge on any atom is -0.385 e. The van der Waals surface area contributed by atoms with Crippen LogP contribution in [0.5, 0.6) is 0 Å². The lowest BCUT2D eigenvalue weighted by Crippen LogP contribution is -2.08. The van der Waals surface area contributed by atoms with Crippen LogP contribution in [-0.2, 0) is 4.74 Å². The van der Waals surface area contributed by atoms with E-state index in [1.807, 2.05) is 18.2 Å². The molecule has 1 aromatic rings. The van der Waals surface area contributed by atoms with Crippen LogP contribution in [0.1, 0.15) is 6.42 Å². The molecule has 0 fully saturated rings. The Morgan fingerprint density at radius 1 is 1.61 bits per heavy atom. The van der Waals surface area contributed by atoms with Gasteiger partial charge in [-0.15, -0.1) is 0 Å². The lowest BCUT2D eigenvalue weighted by molar-refractivity contribution is 0.190. The first-order valence-corrected chi connectivity index (χ1v) is 8.05. The van der Waals surface area contributed by atoms with E-state index in [0.29, 0.717) is 6.04 Å². The molecule has 3 nitrogen and oxygen atoms in total. The molecule has 6 heteroatoms. The van der Waals surface area contributed by atoms with E-state index in [1.54, 1.807) is 18.9 Å². The molecule has 1 heterocycles. The van der Waals surface area contributed by atoms with Crippen LogP contribution in [0.2, 0.25) is 5.02 Å². The van der Waals surface area contributed by atoms with E-state index in [1.165, 1.54) is 0 Å². The van der Waals surface area contributed by atoms with Crippen LogP contribution in [0, 0.1) is 3.57 Å². The zero-order valence-electron chi connectivity index (χ0n) is 9.95. The normalized spacial score (nSPS) is 18.8. The second-order valence-electron chi connectivity index (χ2n) is 3.93. The number of aliphatic imine (C=N–C) groups is 1. The number of benzene rings is 1. The summed E-state index contributed by atoms with van der Waals surface area (Å²) < 4.78 is 6.22. The minimum absolute atomic E-state index is 0.346. The maximum Gasteiger partial charge on any atom is 0.161 e. The molecule has 18 heavy (non-hydrogen) atoms. The van der Waals surface area contributed by atoms with Crippen molar-refractivity contribution in [1.82, 2.24) is 0 Å². The highest BCUT2D eigenvalue weighted by atomic mass is 127. The van der Waals surface area contributed by atoms with Crippen LogP contribution in [-0.4, -0.2) is 30.7 Å². The number of thioether (sulfide) groups is 1. The van der Waals surface area contributed by atoms with Gasteiger partial charge in [0.2, 0.25) is 0 Å². The summed E-state index contributed by atoms with van der Waals surface area (Å²) in [6.45, 7) is 0.756. The molecular weight excluding hydrogens is 383 g/mol. The number of amidine groups is 1. The quantitative estimate of drug-likeness (QED) is 0.785. The van der Waals surface area contributed by atoms with Crippen molar-refractivity contribution >= 4 is 56.8 Å². The van der Waals surface area contributed by atoms with Crippen LogP contribution in [0.3, 0.4) is 0 Å². The van der Waals surface area contributed by atoms with Crippen LogP contribution in [0.15, 0.2) is 23.2 Å². The van der Waals surface area contributed by atoms with Gasteiger partial charge in [-0.2, -0.15) is 0 Å². The molecule has 0 aliphatic carbocycles. The molecule has 1 aliphatic rings. The van der Waals surface area contributed by atoms with Gasteiger partial charge in [0.25, 0.3) is 0 Å². The number of nitrogens with one attached hydrogen (secondary N) is 1. The van der Waals surface area contributed by atoms with E-state index >= 15 is 0 Å². The minimum atomic E-state index is 0.346. The van der Waals surface area contributed by atoms with Crippen LogP contribution in [0.25, 0.3) is 0 Å². The third kappa shape index (κ3) is 4.01. The fraction of sp³-hybridized carbons (Fsp3) is 0.417. The first-order chi connectivity index (χ1) is 8.69. The first-order valence-electron chi connectivity index (χ1n) is 5.60. The smallest absolute Gasteiger partial charge is 0.161 e. The second kappa shape index (κ2) is 6.98. The standard InChI is InChI=1S/C12H14ClIN2OS/c1-17-5-4-9-7-18-12(15-9)16-11-6-8(14)2-3-10(11)13/h2-3,6,9H,4-5,7H2,1H3,(H,15,16). The molecule has 0 saturated carbocycles. The van der Waals surface area contributed by atoms with Crippen molar-refractivity contribution in [2.24, 2.45) is 4.99 Å². The van der Waals surface area contributed by atoms with Crippen LogP contribution in [0.4, 0.5) is 5.69 Å². The second-order valence-corrected chi connectivity index (χ2v) is 6.59. The van der Waals surface area contributed by atoms with Gasteiger partial charge < -0.3 is 10.1 Å². The summed E-state index contributed by atoms with van der Waals surface area (Å²) >= 11 is 10.1. The lowest BCUT2D eigenvalue weighted by Gasteiger charge is -2.07. The lowest BCUT2D eigenvalue weighted by atomic mass is 10.2. The van der Waals surface area contributed by atoms with Crippen molar-refractivity contribution < 1.29 is 4.74 Å². The molecule has 1 unspecified atom stereocenters. The Labute approximate surface area is 130 Å². The number of anilines is 1. The van der Waals surface area contributed by atoms with Crippen molar-refractivity contribution in [2.75, 3.05) is 24.8 Å². The number of rotatable bonds is 4. The summed E-state index contributed by atoms with van der Waals surface area (Å²) in [6, 6.07) is 6.25. The Kier molecular flexibility index (Phi) is 5.59. The third-order valence-corrected chi connectivity index (χ3v) is 4.57. The Hall–Kier alpha value is 0.0200. The largest absolute Gasteiger partial charge is 0.385 e. The zero-order chi connectivity index (χ0) is 13.0.